The lowest BCUT2D eigenvalue weighted by Crippen LogP contribution is -2.53. The Labute approximate surface area is 160 Å². The van der Waals surface area contributed by atoms with Gasteiger partial charge >= 0.3 is 0 Å². The van der Waals surface area contributed by atoms with E-state index < -0.39 is 0 Å². The highest BCUT2D eigenvalue weighted by Crippen LogP contribution is 2.40. The second-order valence-electron chi connectivity index (χ2n) is 7.30. The zero-order valence-electron chi connectivity index (χ0n) is 15.7. The average molecular weight is 377 g/mol. The van der Waals surface area contributed by atoms with E-state index in [-0.39, 0.29) is 17.2 Å². The quantitative estimate of drug-likeness (QED) is 0.742. The Balaban J connectivity index is 1.63. The number of piperidine rings is 2. The van der Waals surface area contributed by atoms with Crippen molar-refractivity contribution in [3.05, 3.63) is 29.8 Å². The molecule has 2 fully saturated rings. The van der Waals surface area contributed by atoms with Gasteiger partial charge in [0.05, 0.1) is 12.2 Å². The molecule has 0 radical (unpaired) electrons. The predicted octanol–water partition coefficient (Wildman–Crippen LogP) is 2.90. The number of thioether (sulfide) groups is 1. The third-order valence-corrected chi connectivity index (χ3v) is 6.56. The molecule has 0 N–H and O–H groups in total. The summed E-state index contributed by atoms with van der Waals surface area (Å²) in [5, 5.41) is 0. The van der Waals surface area contributed by atoms with Gasteiger partial charge < -0.3 is 14.5 Å². The van der Waals surface area contributed by atoms with Crippen molar-refractivity contribution in [2.45, 2.75) is 30.6 Å². The van der Waals surface area contributed by atoms with Crippen LogP contribution in [0.15, 0.2) is 29.2 Å². The molecular weight excluding hydrogens is 348 g/mol. The first-order valence-corrected chi connectivity index (χ1v) is 10.5. The molecule has 1 aromatic rings. The molecule has 2 aliphatic rings. The van der Waals surface area contributed by atoms with E-state index in [9.17, 15) is 9.59 Å². The van der Waals surface area contributed by atoms with E-state index in [1.807, 2.05) is 40.3 Å². The summed E-state index contributed by atoms with van der Waals surface area (Å²) in [6.07, 6.45) is 5.50. The van der Waals surface area contributed by atoms with E-state index in [1.165, 1.54) is 0 Å². The molecule has 26 heavy (non-hydrogen) atoms. The highest BCUT2D eigenvalue weighted by Gasteiger charge is 2.41. The molecule has 3 rings (SSSR count). The summed E-state index contributed by atoms with van der Waals surface area (Å²) < 4.78 is 5.14. The van der Waals surface area contributed by atoms with Gasteiger partial charge in [-0.15, -0.1) is 11.8 Å². The first kappa shape index (κ1) is 19.2. The first-order chi connectivity index (χ1) is 12.6. The van der Waals surface area contributed by atoms with Gasteiger partial charge in [-0.1, -0.05) is 12.1 Å². The van der Waals surface area contributed by atoms with Gasteiger partial charge in [0, 0.05) is 44.6 Å². The van der Waals surface area contributed by atoms with Gasteiger partial charge in [-0.3, -0.25) is 9.59 Å². The van der Waals surface area contributed by atoms with E-state index in [4.69, 9.17) is 4.74 Å². The second kappa shape index (κ2) is 8.44. The highest BCUT2D eigenvalue weighted by molar-refractivity contribution is 7.98. The predicted molar refractivity (Wildman–Crippen MR) is 103 cm³/mol. The van der Waals surface area contributed by atoms with Crippen molar-refractivity contribution in [2.24, 2.45) is 5.41 Å². The lowest BCUT2D eigenvalue weighted by atomic mass is 9.72. The Hall–Kier alpha value is -1.53. The summed E-state index contributed by atoms with van der Waals surface area (Å²) in [5.74, 6) is 0.369. The summed E-state index contributed by atoms with van der Waals surface area (Å²) in [4.78, 5) is 30.1. The molecule has 1 spiro atoms. The van der Waals surface area contributed by atoms with E-state index >= 15 is 0 Å². The molecular formula is C20H28N2O3S. The van der Waals surface area contributed by atoms with Crippen molar-refractivity contribution in [1.82, 2.24) is 9.80 Å². The smallest absolute Gasteiger partial charge is 0.254 e. The number of amides is 2. The van der Waals surface area contributed by atoms with Gasteiger partial charge in [0.1, 0.15) is 0 Å². The van der Waals surface area contributed by atoms with Crippen LogP contribution >= 0.6 is 11.8 Å². The number of hydrogen-bond donors (Lipinski definition) is 0. The second-order valence-corrected chi connectivity index (χ2v) is 8.15. The molecule has 1 aromatic carbocycles. The lowest BCUT2D eigenvalue weighted by Gasteiger charge is -2.47. The molecule has 0 bridgehead atoms. The van der Waals surface area contributed by atoms with Crippen LogP contribution in [0.4, 0.5) is 0 Å². The van der Waals surface area contributed by atoms with Crippen molar-refractivity contribution < 1.29 is 14.3 Å². The fourth-order valence-electron chi connectivity index (χ4n) is 4.09. The summed E-state index contributed by atoms with van der Waals surface area (Å²) in [5.41, 5.74) is 0.966. The zero-order valence-corrected chi connectivity index (χ0v) is 16.5. The van der Waals surface area contributed by atoms with Crippen LogP contribution in [0.25, 0.3) is 0 Å². The van der Waals surface area contributed by atoms with Crippen LogP contribution in [-0.4, -0.2) is 67.8 Å². The molecule has 2 heterocycles. The van der Waals surface area contributed by atoms with Crippen LogP contribution in [0.3, 0.4) is 0 Å². The summed E-state index contributed by atoms with van der Waals surface area (Å²) >= 11 is 1.61. The maximum absolute atomic E-state index is 12.9. The summed E-state index contributed by atoms with van der Waals surface area (Å²) in [6, 6.07) is 7.83. The molecule has 2 amide bonds. The number of rotatable bonds is 5. The summed E-state index contributed by atoms with van der Waals surface area (Å²) in [7, 11) is 1.67. The average Bonchev–Trinajstić information content (AvgIpc) is 2.69. The minimum absolute atomic E-state index is 0.132. The first-order valence-electron chi connectivity index (χ1n) is 9.27. The molecule has 6 heteroatoms. The molecule has 0 aromatic heterocycles. The van der Waals surface area contributed by atoms with Crippen LogP contribution in [0.1, 0.15) is 36.0 Å². The Morgan fingerprint density at radius 3 is 2.65 bits per heavy atom. The molecule has 2 saturated heterocycles. The number of methoxy groups -OCH3 is 1. The Kier molecular flexibility index (Phi) is 6.24. The monoisotopic (exact) mass is 376 g/mol. The molecule has 0 atom stereocenters. The van der Waals surface area contributed by atoms with E-state index in [0.717, 1.165) is 49.4 Å². The number of likely N-dealkylation sites (tertiary alicyclic amines) is 2. The van der Waals surface area contributed by atoms with Crippen molar-refractivity contribution in [2.75, 3.05) is 46.2 Å². The highest BCUT2D eigenvalue weighted by atomic mass is 32.2. The van der Waals surface area contributed by atoms with Gasteiger partial charge in [0.15, 0.2) is 0 Å². The largest absolute Gasteiger partial charge is 0.383 e. The topological polar surface area (TPSA) is 49.9 Å². The maximum atomic E-state index is 12.9. The van der Waals surface area contributed by atoms with Gasteiger partial charge in [-0.05, 0) is 43.1 Å². The number of benzene rings is 1. The van der Waals surface area contributed by atoms with Gasteiger partial charge in [0.2, 0.25) is 5.91 Å². The SMILES string of the molecule is COCCN1CC2(CCC1=O)CCN(C(=O)c1ccccc1SC)CC2. The van der Waals surface area contributed by atoms with Crippen molar-refractivity contribution in [3.8, 4) is 0 Å². The van der Waals surface area contributed by atoms with Crippen LogP contribution in [0.2, 0.25) is 0 Å². The van der Waals surface area contributed by atoms with Crippen LogP contribution in [0.5, 0.6) is 0 Å². The van der Waals surface area contributed by atoms with E-state index in [2.05, 4.69) is 0 Å². The van der Waals surface area contributed by atoms with Crippen molar-refractivity contribution in [3.63, 3.8) is 0 Å². The zero-order chi connectivity index (χ0) is 18.6. The Morgan fingerprint density at radius 2 is 1.96 bits per heavy atom. The number of hydrogen-bond acceptors (Lipinski definition) is 4. The van der Waals surface area contributed by atoms with Crippen molar-refractivity contribution >= 4 is 23.6 Å². The van der Waals surface area contributed by atoms with Crippen LogP contribution in [-0.2, 0) is 9.53 Å². The molecule has 2 aliphatic heterocycles. The van der Waals surface area contributed by atoms with Gasteiger partial charge in [-0.2, -0.15) is 0 Å². The molecule has 5 nitrogen and oxygen atoms in total. The number of ether oxygens (including phenoxy) is 1. The van der Waals surface area contributed by atoms with Crippen LogP contribution in [0, 0.1) is 5.41 Å². The minimum atomic E-state index is 0.132. The Morgan fingerprint density at radius 1 is 1.23 bits per heavy atom. The summed E-state index contributed by atoms with van der Waals surface area (Å²) in [6.45, 7) is 3.60. The third-order valence-electron chi connectivity index (χ3n) is 5.76. The van der Waals surface area contributed by atoms with Crippen molar-refractivity contribution in [1.29, 1.82) is 0 Å². The number of carbonyl (C=O) groups excluding carboxylic acids is 2. The van der Waals surface area contributed by atoms with Gasteiger partial charge in [0.25, 0.3) is 5.91 Å². The molecule has 0 saturated carbocycles. The molecule has 142 valence electrons. The molecule has 0 unspecified atom stereocenters. The Bertz CT molecular complexity index is 656. The minimum Gasteiger partial charge on any atom is -0.383 e. The molecule has 0 aliphatic carbocycles. The van der Waals surface area contributed by atoms with E-state index in [1.54, 1.807) is 18.9 Å². The standard InChI is InChI=1S/C20H28N2O3S/c1-25-14-13-22-15-20(8-7-18(22)23)9-11-21(12-10-20)19(24)16-5-3-4-6-17(16)26-2/h3-6H,7-15H2,1-2H3. The van der Waals surface area contributed by atoms with Crippen LogP contribution < -0.4 is 0 Å². The van der Waals surface area contributed by atoms with E-state index in [0.29, 0.717) is 19.6 Å². The third kappa shape index (κ3) is 4.07. The fourth-order valence-corrected chi connectivity index (χ4v) is 4.68. The maximum Gasteiger partial charge on any atom is 0.254 e. The number of nitrogens with zero attached hydrogens (tertiary/aromatic N) is 2. The lowest BCUT2D eigenvalue weighted by molar-refractivity contribution is -0.139. The van der Waals surface area contributed by atoms with Gasteiger partial charge in [-0.25, -0.2) is 0 Å². The fraction of sp³-hybridized carbons (Fsp3) is 0.600. The normalized spacial score (nSPS) is 19.8. The number of carbonyl (C=O) groups is 2.